The van der Waals surface area contributed by atoms with E-state index in [-0.39, 0.29) is 0 Å². The van der Waals surface area contributed by atoms with Crippen LogP contribution in [0.25, 0.3) is 0 Å². The average Bonchev–Trinajstić information content (AvgIpc) is 2.35. The zero-order valence-electron chi connectivity index (χ0n) is 4.89. The lowest BCUT2D eigenvalue weighted by Gasteiger charge is -1.99. The van der Waals surface area contributed by atoms with Gasteiger partial charge in [-0.2, -0.15) is 0 Å². The van der Waals surface area contributed by atoms with Crippen LogP contribution in [0.4, 0.5) is 0 Å². The third-order valence-corrected chi connectivity index (χ3v) is 1.62. The van der Waals surface area contributed by atoms with Crippen molar-refractivity contribution in [2.45, 2.75) is 0 Å². The van der Waals surface area contributed by atoms with Crippen LogP contribution in [-0.2, 0) is 0 Å². The second-order valence-electron chi connectivity index (χ2n) is 2.20. The summed E-state index contributed by atoms with van der Waals surface area (Å²) >= 11 is 0. The maximum absolute atomic E-state index is 5.54. The Morgan fingerprint density at radius 1 is 1.78 bits per heavy atom. The molecule has 48 valence electrons. The Kier molecular flexibility index (Phi) is 0.790. The van der Waals surface area contributed by atoms with Crippen LogP contribution in [0.1, 0.15) is 0 Å². The molecule has 2 aliphatic rings. The number of hydrazine groups is 1. The molecular weight excluding hydrogens is 116 g/mol. The van der Waals surface area contributed by atoms with E-state index in [2.05, 4.69) is 15.8 Å². The predicted molar refractivity (Wildman–Crippen MR) is 34.3 cm³/mol. The molecule has 2 aliphatic heterocycles. The average molecular weight is 124 g/mol. The summed E-state index contributed by atoms with van der Waals surface area (Å²) in [7, 11) is 0. The van der Waals surface area contributed by atoms with Gasteiger partial charge in [0.1, 0.15) is 5.84 Å². The lowest BCUT2D eigenvalue weighted by molar-refractivity contribution is 0.709. The molecule has 1 atom stereocenters. The highest BCUT2D eigenvalue weighted by molar-refractivity contribution is 5.88. The topological polar surface area (TPSA) is 62.4 Å². The Hall–Kier alpha value is -1.03. The monoisotopic (exact) mass is 124 g/mol. The van der Waals surface area contributed by atoms with Gasteiger partial charge >= 0.3 is 0 Å². The quantitative estimate of drug-likeness (QED) is 0.385. The molecule has 1 saturated heterocycles. The van der Waals surface area contributed by atoms with Crippen LogP contribution in [0.3, 0.4) is 0 Å². The van der Waals surface area contributed by atoms with Crippen LogP contribution in [0.5, 0.6) is 0 Å². The fourth-order valence-corrected chi connectivity index (χ4v) is 1.07. The van der Waals surface area contributed by atoms with Crippen molar-refractivity contribution in [3.63, 3.8) is 0 Å². The maximum Gasteiger partial charge on any atom is 0.109 e. The molecule has 2 rings (SSSR count). The largest absolute Gasteiger partial charge is 0.387 e. The van der Waals surface area contributed by atoms with Crippen molar-refractivity contribution in [1.82, 2.24) is 10.9 Å². The van der Waals surface area contributed by atoms with Gasteiger partial charge in [0.2, 0.25) is 0 Å². The van der Waals surface area contributed by atoms with Crippen molar-refractivity contribution in [2.75, 3.05) is 6.54 Å². The molecule has 0 spiro atoms. The van der Waals surface area contributed by atoms with Gasteiger partial charge in [-0.15, -0.1) is 0 Å². The van der Waals surface area contributed by atoms with Gasteiger partial charge in [0.25, 0.3) is 0 Å². The zero-order valence-corrected chi connectivity index (χ0v) is 4.89. The smallest absolute Gasteiger partial charge is 0.109 e. The molecular formula is C5H8N4. The van der Waals surface area contributed by atoms with E-state index >= 15 is 0 Å². The van der Waals surface area contributed by atoms with Crippen LogP contribution in [0, 0.1) is 5.92 Å². The van der Waals surface area contributed by atoms with Gasteiger partial charge in [-0.25, -0.2) is 10.4 Å². The van der Waals surface area contributed by atoms with E-state index in [1.54, 1.807) is 6.20 Å². The Balaban J connectivity index is 2.28. The molecule has 0 amide bonds. The van der Waals surface area contributed by atoms with E-state index in [0.717, 1.165) is 12.2 Å². The van der Waals surface area contributed by atoms with E-state index in [1.165, 1.54) is 0 Å². The van der Waals surface area contributed by atoms with Crippen LogP contribution >= 0.6 is 0 Å². The van der Waals surface area contributed by atoms with E-state index < -0.39 is 0 Å². The molecule has 4 heteroatoms. The molecule has 4 nitrogen and oxygen atoms in total. The summed E-state index contributed by atoms with van der Waals surface area (Å²) in [5.41, 5.74) is 12.6. The molecule has 4 N–H and O–H groups in total. The number of nitrogens with one attached hydrogen (secondary N) is 2. The number of hydrogen-bond acceptors (Lipinski definition) is 4. The summed E-state index contributed by atoms with van der Waals surface area (Å²) in [5.74, 6) is 1.02. The van der Waals surface area contributed by atoms with E-state index in [4.69, 9.17) is 5.73 Å². The summed E-state index contributed by atoms with van der Waals surface area (Å²) in [6.45, 7) is 0.862. The van der Waals surface area contributed by atoms with Gasteiger partial charge < -0.3 is 11.2 Å². The molecule has 0 aromatic heterocycles. The lowest BCUT2D eigenvalue weighted by atomic mass is 10.1. The Morgan fingerprint density at radius 2 is 2.67 bits per heavy atom. The zero-order chi connectivity index (χ0) is 6.27. The molecule has 0 radical (unpaired) electrons. The summed E-state index contributed by atoms with van der Waals surface area (Å²) < 4.78 is 0. The van der Waals surface area contributed by atoms with E-state index in [9.17, 15) is 0 Å². The highest BCUT2D eigenvalue weighted by Gasteiger charge is 2.26. The van der Waals surface area contributed by atoms with Crippen molar-refractivity contribution < 1.29 is 0 Å². The van der Waals surface area contributed by atoms with Crippen LogP contribution in [-0.4, -0.2) is 12.4 Å². The molecule has 9 heavy (non-hydrogen) atoms. The molecule has 2 heterocycles. The molecule has 0 bridgehead atoms. The third-order valence-electron chi connectivity index (χ3n) is 1.62. The molecule has 0 aliphatic carbocycles. The van der Waals surface area contributed by atoms with Gasteiger partial charge in [-0.1, -0.05) is 0 Å². The van der Waals surface area contributed by atoms with Crippen LogP contribution in [0.15, 0.2) is 16.9 Å². The number of aliphatic imine (C=N–C) groups is 1. The molecule has 0 aromatic carbocycles. The summed E-state index contributed by atoms with van der Waals surface area (Å²) in [6, 6.07) is 0. The molecule has 0 aromatic rings. The van der Waals surface area contributed by atoms with Crippen molar-refractivity contribution in [1.29, 1.82) is 0 Å². The first-order valence-electron chi connectivity index (χ1n) is 2.90. The van der Waals surface area contributed by atoms with Gasteiger partial charge in [0, 0.05) is 6.54 Å². The Labute approximate surface area is 52.8 Å². The first-order chi connectivity index (χ1) is 4.38. The lowest BCUT2D eigenvalue weighted by Crippen LogP contribution is -2.24. The minimum absolute atomic E-state index is 0.310. The minimum atomic E-state index is 0.310. The Morgan fingerprint density at radius 3 is 3.44 bits per heavy atom. The number of rotatable bonds is 0. The van der Waals surface area contributed by atoms with Crippen LogP contribution < -0.4 is 16.6 Å². The van der Waals surface area contributed by atoms with Gasteiger partial charge in [-0.05, 0) is 0 Å². The SMILES string of the molecule is NC1=NC=C2NNCC21. The molecule has 1 unspecified atom stereocenters. The molecule has 0 saturated carbocycles. The van der Waals surface area contributed by atoms with Gasteiger partial charge in [0.05, 0.1) is 17.8 Å². The van der Waals surface area contributed by atoms with Crippen molar-refractivity contribution in [3.8, 4) is 0 Å². The maximum atomic E-state index is 5.54. The number of nitrogens with zero attached hydrogens (tertiary/aromatic N) is 1. The summed E-state index contributed by atoms with van der Waals surface area (Å²) in [4.78, 5) is 3.95. The highest BCUT2D eigenvalue weighted by Crippen LogP contribution is 2.16. The number of hydrogen-bond donors (Lipinski definition) is 3. The first-order valence-corrected chi connectivity index (χ1v) is 2.90. The standard InChI is InChI=1S/C5H8N4/c6-5-3-1-8-9-4(3)2-7-5/h2-3,8-9H,1H2,(H2,6,7). The number of fused-ring (bicyclic) bond motifs is 1. The van der Waals surface area contributed by atoms with Crippen molar-refractivity contribution in [2.24, 2.45) is 16.6 Å². The predicted octanol–water partition coefficient (Wildman–Crippen LogP) is -1.08. The van der Waals surface area contributed by atoms with E-state index in [0.29, 0.717) is 11.8 Å². The normalized spacial score (nSPS) is 30.9. The fourth-order valence-electron chi connectivity index (χ4n) is 1.07. The highest BCUT2D eigenvalue weighted by atomic mass is 15.4. The first kappa shape index (κ1) is 4.81. The van der Waals surface area contributed by atoms with Crippen molar-refractivity contribution >= 4 is 5.84 Å². The van der Waals surface area contributed by atoms with Crippen LogP contribution in [0.2, 0.25) is 0 Å². The molecule has 1 fully saturated rings. The summed E-state index contributed by atoms with van der Waals surface area (Å²) in [5, 5.41) is 0. The number of amidine groups is 1. The van der Waals surface area contributed by atoms with Gasteiger partial charge in [0.15, 0.2) is 0 Å². The fraction of sp³-hybridized carbons (Fsp3) is 0.400. The second kappa shape index (κ2) is 1.48. The minimum Gasteiger partial charge on any atom is -0.387 e. The third kappa shape index (κ3) is 0.533. The summed E-state index contributed by atoms with van der Waals surface area (Å²) in [6.07, 6.45) is 1.76. The van der Waals surface area contributed by atoms with E-state index in [1.807, 2.05) is 0 Å². The van der Waals surface area contributed by atoms with Crippen molar-refractivity contribution in [3.05, 3.63) is 11.9 Å². The Bertz CT molecular complexity index is 193. The number of nitrogens with two attached hydrogens (primary N) is 1. The van der Waals surface area contributed by atoms with Gasteiger partial charge in [-0.3, -0.25) is 0 Å². The second-order valence-corrected chi connectivity index (χ2v) is 2.20.